The van der Waals surface area contributed by atoms with Crippen molar-refractivity contribution in [3.63, 3.8) is 0 Å². The summed E-state index contributed by atoms with van der Waals surface area (Å²) in [7, 11) is -2.91. The minimum absolute atomic E-state index is 0.00473. The second-order valence-electron chi connectivity index (χ2n) is 6.46. The van der Waals surface area contributed by atoms with Crippen LogP contribution in [-0.2, 0) is 9.84 Å². The number of anilines is 1. The quantitative estimate of drug-likeness (QED) is 0.821. The molecule has 0 spiro atoms. The van der Waals surface area contributed by atoms with E-state index in [2.05, 4.69) is 38.2 Å². The predicted octanol–water partition coefficient (Wildman–Crippen LogP) is 3.41. The van der Waals surface area contributed by atoms with Gasteiger partial charge in [-0.05, 0) is 48.7 Å². The molecule has 0 aromatic heterocycles. The Hall–Kier alpha value is -1.14. The van der Waals surface area contributed by atoms with Crippen molar-refractivity contribution in [2.24, 2.45) is 0 Å². The van der Waals surface area contributed by atoms with Crippen LogP contribution in [0.1, 0.15) is 45.1 Å². The number of hydrogen-bond donors (Lipinski definition) is 1. The van der Waals surface area contributed by atoms with Gasteiger partial charge in [0.25, 0.3) is 0 Å². The van der Waals surface area contributed by atoms with Gasteiger partial charge >= 0.3 is 0 Å². The van der Waals surface area contributed by atoms with E-state index < -0.39 is 9.84 Å². The monoisotopic (exact) mass is 354 g/mol. The topological polar surface area (TPSA) is 49.4 Å². The molecule has 4 nitrogen and oxygen atoms in total. The van der Waals surface area contributed by atoms with Gasteiger partial charge in [-0.2, -0.15) is 0 Å². The van der Waals surface area contributed by atoms with Crippen LogP contribution in [0.15, 0.2) is 24.3 Å². The van der Waals surface area contributed by atoms with E-state index in [0.717, 1.165) is 18.7 Å². The molecule has 0 aliphatic carbocycles. The second-order valence-corrected chi connectivity index (χ2v) is 9.07. The Balaban J connectivity index is 2.06. The van der Waals surface area contributed by atoms with Gasteiger partial charge in [0, 0.05) is 18.3 Å². The molecule has 0 radical (unpaired) electrons. The Bertz CT molecular complexity index is 639. The zero-order valence-electron chi connectivity index (χ0n) is 14.1. The van der Waals surface area contributed by atoms with Crippen molar-refractivity contribution in [3.8, 4) is 0 Å². The maximum absolute atomic E-state index is 11.7. The smallest absolute Gasteiger partial charge is 0.173 e. The van der Waals surface area contributed by atoms with Crippen LogP contribution in [0.5, 0.6) is 0 Å². The predicted molar refractivity (Wildman–Crippen MR) is 101 cm³/mol. The third-order valence-electron chi connectivity index (χ3n) is 4.20. The van der Waals surface area contributed by atoms with Crippen molar-refractivity contribution in [2.75, 3.05) is 23.4 Å². The molecule has 1 aliphatic heterocycles. The largest absolute Gasteiger partial charge is 0.345 e. The van der Waals surface area contributed by atoms with Gasteiger partial charge in [-0.1, -0.05) is 32.9 Å². The first-order chi connectivity index (χ1) is 10.8. The van der Waals surface area contributed by atoms with Crippen molar-refractivity contribution in [2.45, 2.75) is 45.6 Å². The number of thiocarbonyl (C=S) groups is 1. The highest BCUT2D eigenvalue weighted by Crippen LogP contribution is 2.21. The van der Waals surface area contributed by atoms with Gasteiger partial charge in [-0.15, -0.1) is 0 Å². The van der Waals surface area contributed by atoms with Crippen molar-refractivity contribution in [1.82, 2.24) is 4.90 Å². The van der Waals surface area contributed by atoms with Gasteiger partial charge in [-0.25, -0.2) is 8.42 Å². The molecule has 1 aromatic rings. The van der Waals surface area contributed by atoms with E-state index in [1.54, 1.807) is 0 Å². The summed E-state index contributed by atoms with van der Waals surface area (Å²) in [5, 5.41) is 3.88. The summed E-state index contributed by atoms with van der Waals surface area (Å²) in [6.45, 7) is 7.18. The molecule has 128 valence electrons. The van der Waals surface area contributed by atoms with Gasteiger partial charge in [0.2, 0.25) is 0 Å². The standard InChI is InChI=1S/C17H26N2O2S2/c1-4-10-19(16-9-11-23(20,21)12-16)17(22)18-15-7-5-14(6-8-15)13(2)3/h5-8,13,16H,4,9-12H2,1-3H3,(H,18,22)/t16-/m0/s1. The highest BCUT2D eigenvalue weighted by atomic mass is 32.2. The lowest BCUT2D eigenvalue weighted by molar-refractivity contribution is 0.339. The fourth-order valence-corrected chi connectivity index (χ4v) is 4.95. The van der Waals surface area contributed by atoms with E-state index in [-0.39, 0.29) is 17.5 Å². The molecule has 1 aliphatic rings. The summed E-state index contributed by atoms with van der Waals surface area (Å²) in [5.74, 6) is 0.973. The lowest BCUT2D eigenvalue weighted by Gasteiger charge is -2.30. The Kier molecular flexibility index (Phi) is 6.03. The first kappa shape index (κ1) is 18.2. The molecule has 23 heavy (non-hydrogen) atoms. The summed E-state index contributed by atoms with van der Waals surface area (Å²) >= 11 is 5.54. The van der Waals surface area contributed by atoms with E-state index in [1.165, 1.54) is 5.56 Å². The molecule has 1 N–H and O–H groups in total. The number of rotatable bonds is 5. The first-order valence-corrected chi connectivity index (χ1v) is 10.4. The van der Waals surface area contributed by atoms with Crippen LogP contribution in [0, 0.1) is 0 Å². The van der Waals surface area contributed by atoms with E-state index in [4.69, 9.17) is 12.2 Å². The minimum Gasteiger partial charge on any atom is -0.345 e. The molecule has 0 unspecified atom stereocenters. The molecule has 1 saturated heterocycles. The summed E-state index contributed by atoms with van der Waals surface area (Å²) < 4.78 is 23.5. The van der Waals surface area contributed by atoms with Crippen LogP contribution in [-0.4, -0.2) is 42.5 Å². The number of hydrogen-bond acceptors (Lipinski definition) is 3. The molecule has 1 fully saturated rings. The fourth-order valence-electron chi connectivity index (χ4n) is 2.86. The van der Waals surface area contributed by atoms with Gasteiger partial charge in [0.1, 0.15) is 0 Å². The van der Waals surface area contributed by atoms with Crippen LogP contribution in [0.3, 0.4) is 0 Å². The molecule has 1 aromatic carbocycles. The van der Waals surface area contributed by atoms with Crippen LogP contribution >= 0.6 is 12.2 Å². The second kappa shape index (κ2) is 7.62. The van der Waals surface area contributed by atoms with E-state index in [0.29, 0.717) is 17.5 Å². The highest BCUT2D eigenvalue weighted by molar-refractivity contribution is 7.91. The molecule has 1 heterocycles. The summed E-state index contributed by atoms with van der Waals surface area (Å²) in [6.07, 6.45) is 1.60. The lowest BCUT2D eigenvalue weighted by atomic mass is 10.0. The lowest BCUT2D eigenvalue weighted by Crippen LogP contribution is -2.43. The van der Waals surface area contributed by atoms with Crippen molar-refractivity contribution in [3.05, 3.63) is 29.8 Å². The third kappa shape index (κ3) is 4.91. The first-order valence-electron chi connectivity index (χ1n) is 8.20. The molecule has 0 bridgehead atoms. The van der Waals surface area contributed by atoms with Crippen LogP contribution < -0.4 is 5.32 Å². The molecule has 6 heteroatoms. The van der Waals surface area contributed by atoms with Gasteiger partial charge < -0.3 is 10.2 Å². The Morgan fingerprint density at radius 1 is 1.35 bits per heavy atom. The Morgan fingerprint density at radius 3 is 2.48 bits per heavy atom. The van der Waals surface area contributed by atoms with Crippen molar-refractivity contribution < 1.29 is 8.42 Å². The Labute approximate surface area is 145 Å². The fraction of sp³-hybridized carbons (Fsp3) is 0.588. The van der Waals surface area contributed by atoms with Gasteiger partial charge in [-0.3, -0.25) is 0 Å². The van der Waals surface area contributed by atoms with E-state index >= 15 is 0 Å². The number of benzene rings is 1. The van der Waals surface area contributed by atoms with Gasteiger partial charge in [0.15, 0.2) is 14.9 Å². The van der Waals surface area contributed by atoms with Gasteiger partial charge in [0.05, 0.1) is 11.5 Å². The summed E-state index contributed by atoms with van der Waals surface area (Å²) in [5.41, 5.74) is 2.23. The summed E-state index contributed by atoms with van der Waals surface area (Å²) in [6, 6.07) is 8.24. The maximum atomic E-state index is 11.7. The van der Waals surface area contributed by atoms with Crippen LogP contribution in [0.2, 0.25) is 0 Å². The van der Waals surface area contributed by atoms with Crippen LogP contribution in [0.25, 0.3) is 0 Å². The molecule has 0 amide bonds. The number of nitrogens with one attached hydrogen (secondary N) is 1. The molecule has 2 rings (SSSR count). The third-order valence-corrected chi connectivity index (χ3v) is 6.29. The van der Waals surface area contributed by atoms with Crippen molar-refractivity contribution in [1.29, 1.82) is 0 Å². The molecule has 1 atom stereocenters. The SMILES string of the molecule is CCCN(C(=S)Nc1ccc(C(C)C)cc1)[C@H]1CCS(=O)(=O)C1. The molecule has 0 saturated carbocycles. The number of nitrogens with zero attached hydrogens (tertiary/aromatic N) is 1. The average molecular weight is 355 g/mol. The van der Waals surface area contributed by atoms with E-state index in [9.17, 15) is 8.42 Å². The van der Waals surface area contributed by atoms with Crippen molar-refractivity contribution >= 4 is 32.9 Å². The Morgan fingerprint density at radius 2 is 2.00 bits per heavy atom. The molecular formula is C17H26N2O2S2. The average Bonchev–Trinajstić information content (AvgIpc) is 2.85. The zero-order valence-corrected chi connectivity index (χ0v) is 15.7. The minimum atomic E-state index is -2.91. The van der Waals surface area contributed by atoms with Crippen LogP contribution in [0.4, 0.5) is 5.69 Å². The summed E-state index contributed by atoms with van der Waals surface area (Å²) in [4.78, 5) is 2.04. The molecular weight excluding hydrogens is 328 g/mol. The normalized spacial score (nSPS) is 19.7. The highest BCUT2D eigenvalue weighted by Gasteiger charge is 2.33. The maximum Gasteiger partial charge on any atom is 0.173 e. The number of sulfone groups is 1. The van der Waals surface area contributed by atoms with E-state index in [1.807, 2.05) is 17.0 Å². The zero-order chi connectivity index (χ0) is 17.0.